The van der Waals surface area contributed by atoms with Crippen LogP contribution in [-0.4, -0.2) is 42.6 Å². The van der Waals surface area contributed by atoms with Gasteiger partial charge in [0.05, 0.1) is 0 Å². The Hall–Kier alpha value is -1.74. The summed E-state index contributed by atoms with van der Waals surface area (Å²) in [6.45, 7) is 5.29. The first kappa shape index (κ1) is 23.9. The van der Waals surface area contributed by atoms with Gasteiger partial charge in [-0.1, -0.05) is 36.4 Å². The Balaban J connectivity index is 0.00000272. The fourth-order valence-corrected chi connectivity index (χ4v) is 4.21. The summed E-state index contributed by atoms with van der Waals surface area (Å²) in [5.74, 6) is -0.0977. The van der Waals surface area contributed by atoms with Gasteiger partial charge in [-0.05, 0) is 49.4 Å². The van der Waals surface area contributed by atoms with E-state index in [2.05, 4.69) is 57.8 Å². The van der Waals surface area contributed by atoms with E-state index < -0.39 is 11.6 Å². The molecule has 0 spiro atoms. The maximum absolute atomic E-state index is 13.4. The second kappa shape index (κ2) is 11.2. The smallest absolute Gasteiger partial charge is 0.191 e. The minimum Gasteiger partial charge on any atom is -0.354 e. The SMILES string of the molecule is CCN=C(NC1CCN(Cc2ccc(F)c(F)c2)CC1)NC1CC1c1ccccc1.I. The molecule has 0 radical (unpaired) electrons. The molecule has 4 nitrogen and oxygen atoms in total. The van der Waals surface area contributed by atoms with Gasteiger partial charge in [-0.15, -0.1) is 24.0 Å². The van der Waals surface area contributed by atoms with Crippen LogP contribution in [0, 0.1) is 11.6 Å². The molecular formula is C24H31F2IN4. The number of aliphatic imine (C=N–C) groups is 1. The highest BCUT2D eigenvalue weighted by molar-refractivity contribution is 14.0. The molecule has 0 bridgehead atoms. The average Bonchev–Trinajstić information content (AvgIpc) is 3.52. The van der Waals surface area contributed by atoms with Gasteiger partial charge >= 0.3 is 0 Å². The summed E-state index contributed by atoms with van der Waals surface area (Å²) in [5.41, 5.74) is 2.20. The Bertz CT molecular complexity index is 869. The average molecular weight is 540 g/mol. The second-order valence-electron chi connectivity index (χ2n) is 8.27. The normalized spacial score (nSPS) is 22.0. The van der Waals surface area contributed by atoms with Crippen molar-refractivity contribution in [3.63, 3.8) is 0 Å². The van der Waals surface area contributed by atoms with E-state index in [9.17, 15) is 8.78 Å². The lowest BCUT2D eigenvalue weighted by Crippen LogP contribution is -2.49. The molecule has 2 N–H and O–H groups in total. The van der Waals surface area contributed by atoms with Gasteiger partial charge in [-0.3, -0.25) is 9.89 Å². The Morgan fingerprint density at radius 2 is 1.77 bits per heavy atom. The lowest BCUT2D eigenvalue weighted by molar-refractivity contribution is 0.198. The molecule has 1 saturated heterocycles. The number of guanidine groups is 1. The zero-order valence-electron chi connectivity index (χ0n) is 17.9. The molecule has 0 aromatic heterocycles. The number of nitrogens with one attached hydrogen (secondary N) is 2. The number of halogens is 3. The number of benzene rings is 2. The van der Waals surface area contributed by atoms with Gasteiger partial charge in [0.2, 0.25) is 0 Å². The highest BCUT2D eigenvalue weighted by Crippen LogP contribution is 2.40. The van der Waals surface area contributed by atoms with E-state index in [0.717, 1.165) is 50.4 Å². The van der Waals surface area contributed by atoms with Crippen LogP contribution < -0.4 is 10.6 Å². The number of likely N-dealkylation sites (tertiary alicyclic amines) is 1. The van der Waals surface area contributed by atoms with Gasteiger partial charge in [-0.25, -0.2) is 8.78 Å². The van der Waals surface area contributed by atoms with E-state index in [4.69, 9.17) is 0 Å². The van der Waals surface area contributed by atoms with Crippen LogP contribution in [0.2, 0.25) is 0 Å². The zero-order chi connectivity index (χ0) is 20.9. The summed E-state index contributed by atoms with van der Waals surface area (Å²) in [6, 6.07) is 15.6. The number of rotatable bonds is 6. The number of hydrogen-bond donors (Lipinski definition) is 2. The molecule has 168 valence electrons. The fraction of sp³-hybridized carbons (Fsp3) is 0.458. The van der Waals surface area contributed by atoms with Gasteiger partial charge in [0.1, 0.15) is 0 Å². The Labute approximate surface area is 200 Å². The molecule has 2 fully saturated rings. The predicted octanol–water partition coefficient (Wildman–Crippen LogP) is 4.66. The molecule has 1 aliphatic carbocycles. The van der Waals surface area contributed by atoms with Crippen molar-refractivity contribution in [1.29, 1.82) is 0 Å². The molecule has 0 amide bonds. The molecule has 1 saturated carbocycles. The molecule has 1 aliphatic heterocycles. The molecule has 2 unspecified atom stereocenters. The van der Waals surface area contributed by atoms with Crippen molar-refractivity contribution in [2.75, 3.05) is 19.6 Å². The first-order valence-corrected chi connectivity index (χ1v) is 10.9. The Morgan fingerprint density at radius 3 is 2.45 bits per heavy atom. The van der Waals surface area contributed by atoms with Gasteiger partial charge in [0.15, 0.2) is 17.6 Å². The first-order valence-electron chi connectivity index (χ1n) is 10.9. The van der Waals surface area contributed by atoms with Crippen LogP contribution in [0.1, 0.15) is 43.2 Å². The molecule has 2 aliphatic rings. The number of hydrogen-bond acceptors (Lipinski definition) is 2. The van der Waals surface area contributed by atoms with Gasteiger partial charge in [-0.2, -0.15) is 0 Å². The Morgan fingerprint density at radius 1 is 1.03 bits per heavy atom. The largest absolute Gasteiger partial charge is 0.354 e. The van der Waals surface area contributed by atoms with Crippen LogP contribution in [0.25, 0.3) is 0 Å². The monoisotopic (exact) mass is 540 g/mol. The standard InChI is InChI=1S/C24H30F2N4.HI/c1-2-27-24(29-23-15-20(23)18-6-4-3-5-7-18)28-19-10-12-30(13-11-19)16-17-8-9-21(25)22(26)14-17;/h3-9,14,19-20,23H,2,10-13,15-16H2,1H3,(H2,27,28,29);1H. The van der Waals surface area contributed by atoms with Crippen molar-refractivity contribution >= 4 is 29.9 Å². The van der Waals surface area contributed by atoms with Crippen molar-refractivity contribution < 1.29 is 8.78 Å². The molecule has 2 atom stereocenters. The molecule has 2 aromatic carbocycles. The van der Waals surface area contributed by atoms with E-state index in [1.165, 1.54) is 17.7 Å². The third kappa shape index (κ3) is 6.62. The van der Waals surface area contributed by atoms with Crippen molar-refractivity contribution in [2.24, 2.45) is 4.99 Å². The lowest BCUT2D eigenvalue weighted by Gasteiger charge is -2.33. The molecule has 2 aromatic rings. The molecule has 1 heterocycles. The number of piperidine rings is 1. The summed E-state index contributed by atoms with van der Waals surface area (Å²) >= 11 is 0. The van der Waals surface area contributed by atoms with E-state index in [1.54, 1.807) is 6.07 Å². The summed E-state index contributed by atoms with van der Waals surface area (Å²) in [5, 5.41) is 7.20. The van der Waals surface area contributed by atoms with E-state index in [1.807, 2.05) is 0 Å². The maximum atomic E-state index is 13.4. The van der Waals surface area contributed by atoms with E-state index in [-0.39, 0.29) is 24.0 Å². The topological polar surface area (TPSA) is 39.7 Å². The quantitative estimate of drug-likeness (QED) is 0.318. The zero-order valence-corrected chi connectivity index (χ0v) is 20.2. The van der Waals surface area contributed by atoms with Crippen LogP contribution >= 0.6 is 24.0 Å². The third-order valence-electron chi connectivity index (χ3n) is 5.98. The Kier molecular flexibility index (Phi) is 8.66. The van der Waals surface area contributed by atoms with Gasteiger partial charge in [0.25, 0.3) is 0 Å². The van der Waals surface area contributed by atoms with Crippen LogP contribution in [0.5, 0.6) is 0 Å². The first-order chi connectivity index (χ1) is 14.6. The molecule has 4 rings (SSSR count). The van der Waals surface area contributed by atoms with E-state index in [0.29, 0.717) is 24.5 Å². The van der Waals surface area contributed by atoms with Crippen LogP contribution in [0.15, 0.2) is 53.5 Å². The highest BCUT2D eigenvalue weighted by atomic mass is 127. The van der Waals surface area contributed by atoms with Crippen LogP contribution in [0.4, 0.5) is 8.78 Å². The summed E-state index contributed by atoms with van der Waals surface area (Å²) < 4.78 is 26.5. The van der Waals surface area contributed by atoms with Crippen LogP contribution in [0.3, 0.4) is 0 Å². The van der Waals surface area contributed by atoms with Crippen molar-refractivity contribution in [2.45, 2.75) is 50.7 Å². The van der Waals surface area contributed by atoms with E-state index >= 15 is 0 Å². The number of nitrogens with zero attached hydrogens (tertiary/aromatic N) is 2. The van der Waals surface area contributed by atoms with Crippen LogP contribution in [-0.2, 0) is 6.54 Å². The minimum atomic E-state index is -0.790. The van der Waals surface area contributed by atoms with Crippen molar-refractivity contribution in [1.82, 2.24) is 15.5 Å². The summed E-state index contributed by atoms with van der Waals surface area (Å²) in [6.07, 6.45) is 3.14. The minimum absolute atomic E-state index is 0. The summed E-state index contributed by atoms with van der Waals surface area (Å²) in [4.78, 5) is 6.93. The van der Waals surface area contributed by atoms with Gasteiger partial charge < -0.3 is 10.6 Å². The molecule has 31 heavy (non-hydrogen) atoms. The fourth-order valence-electron chi connectivity index (χ4n) is 4.21. The molecular weight excluding hydrogens is 509 g/mol. The second-order valence-corrected chi connectivity index (χ2v) is 8.27. The van der Waals surface area contributed by atoms with Crippen molar-refractivity contribution in [3.8, 4) is 0 Å². The predicted molar refractivity (Wildman–Crippen MR) is 132 cm³/mol. The van der Waals surface area contributed by atoms with Gasteiger partial charge in [0, 0.05) is 44.2 Å². The summed E-state index contributed by atoms with van der Waals surface area (Å²) in [7, 11) is 0. The molecule has 7 heteroatoms. The maximum Gasteiger partial charge on any atom is 0.191 e. The highest BCUT2D eigenvalue weighted by Gasteiger charge is 2.39. The third-order valence-corrected chi connectivity index (χ3v) is 5.98. The lowest BCUT2D eigenvalue weighted by atomic mass is 10.0. The van der Waals surface area contributed by atoms with Crippen molar-refractivity contribution in [3.05, 3.63) is 71.3 Å².